The predicted molar refractivity (Wildman–Crippen MR) is 74.2 cm³/mol. The Morgan fingerprint density at radius 3 is 2.89 bits per heavy atom. The van der Waals surface area contributed by atoms with Crippen molar-refractivity contribution in [3.05, 3.63) is 40.7 Å². The topological polar surface area (TPSA) is 52.0 Å². The molecule has 2 rings (SSSR count). The Kier molecular flexibility index (Phi) is 4.32. The Morgan fingerprint density at radius 1 is 1.50 bits per heavy atom. The number of aromatic nitrogens is 1. The highest BCUT2D eigenvalue weighted by Gasteiger charge is 2.10. The molecule has 0 saturated heterocycles. The Balaban J connectivity index is 2.27. The van der Waals surface area contributed by atoms with E-state index in [-0.39, 0.29) is 6.04 Å². The van der Waals surface area contributed by atoms with Crippen LogP contribution in [-0.2, 0) is 6.42 Å². The molecule has 0 aliphatic rings. The van der Waals surface area contributed by atoms with Crippen molar-refractivity contribution in [1.82, 2.24) is 4.98 Å². The van der Waals surface area contributed by atoms with Gasteiger partial charge in [0.1, 0.15) is 6.26 Å². The molecule has 0 radical (unpaired) electrons. The SMILES string of the molecule is Cc1coc(Sc2cc(Cl)ccc2CC(C)N)n1. The lowest BCUT2D eigenvalue weighted by Gasteiger charge is -2.10. The van der Waals surface area contributed by atoms with E-state index in [0.29, 0.717) is 10.2 Å². The molecule has 1 heterocycles. The van der Waals surface area contributed by atoms with Crippen molar-refractivity contribution >= 4 is 23.4 Å². The number of benzene rings is 1. The first-order valence-electron chi connectivity index (χ1n) is 5.68. The quantitative estimate of drug-likeness (QED) is 0.929. The monoisotopic (exact) mass is 282 g/mol. The first-order chi connectivity index (χ1) is 8.54. The summed E-state index contributed by atoms with van der Waals surface area (Å²) in [4.78, 5) is 5.32. The van der Waals surface area contributed by atoms with E-state index in [0.717, 1.165) is 22.6 Å². The first-order valence-corrected chi connectivity index (χ1v) is 6.88. The highest BCUT2D eigenvalue weighted by Crippen LogP contribution is 2.32. The summed E-state index contributed by atoms with van der Waals surface area (Å²) in [6.45, 7) is 3.88. The van der Waals surface area contributed by atoms with Crippen LogP contribution < -0.4 is 5.73 Å². The fraction of sp³-hybridized carbons (Fsp3) is 0.308. The fourth-order valence-electron chi connectivity index (χ4n) is 1.61. The molecular weight excluding hydrogens is 268 g/mol. The molecule has 0 spiro atoms. The lowest BCUT2D eigenvalue weighted by molar-refractivity contribution is 0.454. The lowest BCUT2D eigenvalue weighted by atomic mass is 10.1. The standard InChI is InChI=1S/C13H15ClN2OS/c1-8(15)5-10-3-4-11(14)6-12(10)18-13-16-9(2)7-17-13/h3-4,6-8H,5,15H2,1-2H3. The summed E-state index contributed by atoms with van der Waals surface area (Å²) in [5.41, 5.74) is 7.88. The van der Waals surface area contributed by atoms with E-state index in [1.165, 1.54) is 11.8 Å². The largest absolute Gasteiger partial charge is 0.439 e. The van der Waals surface area contributed by atoms with Gasteiger partial charge in [0.25, 0.3) is 5.22 Å². The Hall–Kier alpha value is -0.970. The molecule has 1 aromatic carbocycles. The average molecular weight is 283 g/mol. The number of aryl methyl sites for hydroxylation is 1. The van der Waals surface area contributed by atoms with Crippen LogP contribution in [0.4, 0.5) is 0 Å². The molecule has 0 aliphatic heterocycles. The molecule has 0 saturated carbocycles. The van der Waals surface area contributed by atoms with Crippen LogP contribution >= 0.6 is 23.4 Å². The predicted octanol–water partition coefficient (Wildman–Crippen LogP) is 3.68. The number of hydrogen-bond donors (Lipinski definition) is 1. The van der Waals surface area contributed by atoms with Crippen LogP contribution in [0.1, 0.15) is 18.2 Å². The van der Waals surface area contributed by atoms with Crippen molar-refractivity contribution in [3.63, 3.8) is 0 Å². The number of hydrogen-bond acceptors (Lipinski definition) is 4. The van der Waals surface area contributed by atoms with Crippen molar-refractivity contribution in [1.29, 1.82) is 0 Å². The maximum atomic E-state index is 6.03. The van der Waals surface area contributed by atoms with E-state index in [1.807, 2.05) is 32.0 Å². The number of nitrogens with two attached hydrogens (primary N) is 1. The molecular formula is C13H15ClN2OS. The summed E-state index contributed by atoms with van der Waals surface area (Å²) in [7, 11) is 0. The van der Waals surface area contributed by atoms with Gasteiger partial charge < -0.3 is 10.2 Å². The van der Waals surface area contributed by atoms with E-state index >= 15 is 0 Å². The third-order valence-electron chi connectivity index (χ3n) is 2.37. The number of oxazole rings is 1. The molecule has 1 unspecified atom stereocenters. The normalized spacial score (nSPS) is 12.7. The van der Waals surface area contributed by atoms with Crippen molar-refractivity contribution < 1.29 is 4.42 Å². The van der Waals surface area contributed by atoms with Crippen LogP contribution in [0, 0.1) is 6.92 Å². The van der Waals surface area contributed by atoms with Gasteiger partial charge in [0, 0.05) is 16.0 Å². The fourth-order valence-corrected chi connectivity index (χ4v) is 2.79. The van der Waals surface area contributed by atoms with Gasteiger partial charge in [-0.05, 0) is 49.7 Å². The zero-order valence-electron chi connectivity index (χ0n) is 10.3. The van der Waals surface area contributed by atoms with Gasteiger partial charge in [0.05, 0.1) is 5.69 Å². The molecule has 0 aliphatic carbocycles. The minimum atomic E-state index is 0.108. The lowest BCUT2D eigenvalue weighted by Crippen LogP contribution is -2.18. The minimum absolute atomic E-state index is 0.108. The third kappa shape index (κ3) is 3.51. The van der Waals surface area contributed by atoms with Gasteiger partial charge in [-0.25, -0.2) is 4.98 Å². The summed E-state index contributed by atoms with van der Waals surface area (Å²) < 4.78 is 5.35. The zero-order chi connectivity index (χ0) is 13.1. The highest BCUT2D eigenvalue weighted by molar-refractivity contribution is 7.99. The van der Waals surface area contributed by atoms with Crippen LogP contribution in [-0.4, -0.2) is 11.0 Å². The second-order valence-electron chi connectivity index (χ2n) is 4.29. The van der Waals surface area contributed by atoms with Crippen molar-refractivity contribution in [3.8, 4) is 0 Å². The van der Waals surface area contributed by atoms with E-state index < -0.39 is 0 Å². The van der Waals surface area contributed by atoms with E-state index in [1.54, 1.807) is 6.26 Å². The molecule has 3 nitrogen and oxygen atoms in total. The summed E-state index contributed by atoms with van der Waals surface area (Å²) in [6.07, 6.45) is 2.44. The van der Waals surface area contributed by atoms with Crippen LogP contribution in [0.5, 0.6) is 0 Å². The maximum Gasteiger partial charge on any atom is 0.260 e. The zero-order valence-corrected chi connectivity index (χ0v) is 11.9. The first kappa shape index (κ1) is 13.5. The van der Waals surface area contributed by atoms with Gasteiger partial charge >= 0.3 is 0 Å². The van der Waals surface area contributed by atoms with Gasteiger partial charge in [-0.2, -0.15) is 0 Å². The number of rotatable bonds is 4. The molecule has 1 aromatic heterocycles. The van der Waals surface area contributed by atoms with E-state index in [9.17, 15) is 0 Å². The molecule has 2 N–H and O–H groups in total. The smallest absolute Gasteiger partial charge is 0.260 e. The molecule has 0 fully saturated rings. The van der Waals surface area contributed by atoms with Crippen LogP contribution in [0.15, 0.2) is 39.0 Å². The Morgan fingerprint density at radius 2 is 2.28 bits per heavy atom. The van der Waals surface area contributed by atoms with Gasteiger partial charge in [0.15, 0.2) is 0 Å². The second kappa shape index (κ2) is 5.78. The number of nitrogens with zero attached hydrogens (tertiary/aromatic N) is 1. The second-order valence-corrected chi connectivity index (χ2v) is 5.72. The van der Waals surface area contributed by atoms with Gasteiger partial charge in [0.2, 0.25) is 0 Å². The summed E-state index contributed by atoms with van der Waals surface area (Å²) in [6, 6.07) is 5.91. The average Bonchev–Trinajstić information content (AvgIpc) is 2.67. The summed E-state index contributed by atoms with van der Waals surface area (Å²) >= 11 is 7.50. The number of halogens is 1. The van der Waals surface area contributed by atoms with Gasteiger partial charge in [-0.3, -0.25) is 0 Å². The Labute approximate surface area is 116 Å². The van der Waals surface area contributed by atoms with E-state index in [2.05, 4.69) is 4.98 Å². The van der Waals surface area contributed by atoms with Crippen LogP contribution in [0.25, 0.3) is 0 Å². The molecule has 18 heavy (non-hydrogen) atoms. The molecule has 5 heteroatoms. The van der Waals surface area contributed by atoms with Crippen molar-refractivity contribution in [2.75, 3.05) is 0 Å². The molecule has 0 amide bonds. The van der Waals surface area contributed by atoms with Crippen LogP contribution in [0.2, 0.25) is 5.02 Å². The summed E-state index contributed by atoms with van der Waals surface area (Å²) in [5.74, 6) is 0. The molecule has 2 aromatic rings. The maximum absolute atomic E-state index is 6.03. The minimum Gasteiger partial charge on any atom is -0.439 e. The Bertz CT molecular complexity index is 540. The van der Waals surface area contributed by atoms with E-state index in [4.69, 9.17) is 21.8 Å². The highest BCUT2D eigenvalue weighted by atomic mass is 35.5. The molecule has 96 valence electrons. The third-order valence-corrected chi connectivity index (χ3v) is 3.56. The van der Waals surface area contributed by atoms with Gasteiger partial charge in [-0.15, -0.1) is 0 Å². The molecule has 1 atom stereocenters. The van der Waals surface area contributed by atoms with Crippen LogP contribution in [0.3, 0.4) is 0 Å². The van der Waals surface area contributed by atoms with Crippen molar-refractivity contribution in [2.45, 2.75) is 36.4 Å². The van der Waals surface area contributed by atoms with Gasteiger partial charge in [-0.1, -0.05) is 17.7 Å². The van der Waals surface area contributed by atoms with Crippen molar-refractivity contribution in [2.24, 2.45) is 5.73 Å². The summed E-state index contributed by atoms with van der Waals surface area (Å²) in [5, 5.41) is 1.33. The molecule has 0 bridgehead atoms.